The molecule has 4 N–H and O–H groups in total. The summed E-state index contributed by atoms with van der Waals surface area (Å²) < 4.78 is 22.9. The molecule has 0 bridgehead atoms. The monoisotopic (exact) mass is 923 g/mol. The van der Waals surface area contributed by atoms with Gasteiger partial charge in [0.1, 0.15) is 30.5 Å². The highest BCUT2D eigenvalue weighted by molar-refractivity contribution is 5.69. The van der Waals surface area contributed by atoms with Crippen molar-refractivity contribution in [2.45, 2.75) is 218 Å². The summed E-state index contributed by atoms with van der Waals surface area (Å²) in [6.07, 6.45) is 59.7. The van der Waals surface area contributed by atoms with Crippen LogP contribution in [0.25, 0.3) is 0 Å². The lowest BCUT2D eigenvalue weighted by atomic mass is 9.99. The molecule has 0 radical (unpaired) electrons. The first kappa shape index (κ1) is 60.9. The van der Waals surface area contributed by atoms with Gasteiger partial charge >= 0.3 is 5.97 Å². The second kappa shape index (κ2) is 46.9. The van der Waals surface area contributed by atoms with Crippen molar-refractivity contribution in [3.8, 4) is 0 Å². The second-order valence-corrected chi connectivity index (χ2v) is 17.2. The smallest absolute Gasteiger partial charge is 0.306 e. The van der Waals surface area contributed by atoms with Gasteiger partial charge in [-0.2, -0.15) is 0 Å². The number of carbonyl (C=O) groups excluding carboxylic acids is 1. The normalized spacial score (nSPS) is 20.2. The first-order valence-electron chi connectivity index (χ1n) is 26.0. The van der Waals surface area contributed by atoms with Crippen LogP contribution in [0.3, 0.4) is 0 Å². The van der Waals surface area contributed by atoms with E-state index in [9.17, 15) is 25.2 Å². The maximum absolute atomic E-state index is 12.9. The minimum absolute atomic E-state index is 0.119. The third kappa shape index (κ3) is 36.9. The Bertz CT molecular complexity index is 1370. The number of allylic oxidation sites excluding steroid dienone is 18. The van der Waals surface area contributed by atoms with E-state index < -0.39 is 43.4 Å². The topological polar surface area (TPSA) is 135 Å². The van der Waals surface area contributed by atoms with Gasteiger partial charge in [-0.25, -0.2) is 0 Å². The molecule has 0 spiro atoms. The van der Waals surface area contributed by atoms with Crippen LogP contribution in [0.4, 0.5) is 0 Å². The number of hydrogen-bond donors (Lipinski definition) is 4. The fraction of sp³-hybridized carbons (Fsp3) is 0.667. The predicted molar refractivity (Wildman–Crippen MR) is 274 cm³/mol. The quantitative estimate of drug-likeness (QED) is 0.0268. The van der Waals surface area contributed by atoms with E-state index in [1.54, 1.807) is 0 Å². The molecule has 1 heterocycles. The molecule has 9 nitrogen and oxygen atoms in total. The lowest BCUT2D eigenvalue weighted by Crippen LogP contribution is -2.59. The number of aliphatic hydroxyl groups is 4. The van der Waals surface area contributed by atoms with Crippen LogP contribution in [-0.4, -0.2) is 89.6 Å². The first-order chi connectivity index (χ1) is 32.4. The molecule has 376 valence electrons. The number of esters is 1. The van der Waals surface area contributed by atoms with Crippen LogP contribution in [-0.2, 0) is 23.7 Å². The Morgan fingerprint density at radius 1 is 0.485 bits per heavy atom. The Hall–Kier alpha value is -3.15. The minimum atomic E-state index is -1.55. The van der Waals surface area contributed by atoms with E-state index >= 15 is 0 Å². The standard InChI is InChI=1S/C57H94O9/c1-3-5-7-9-11-13-15-17-19-21-23-25-26-27-28-30-32-34-36-38-40-42-44-46-53(59)65-51(50-64-57-56(62)55(61)54(60)52(48-58)66-57)49-63-47-45-43-41-39-37-35-33-31-29-24-22-20-18-16-14-12-10-8-6-4-2/h5-8,11-14,17-20,23-25,29,33,35,51-52,54-58,60-62H,3-4,9-10,15-16,21-22,26-28,30-32,34,36-50H2,1-2H3/b7-5-,8-6-,13-11-,14-12-,19-17-,20-18-,25-23-,29-24-,35-33-. The molecule has 0 amide bonds. The van der Waals surface area contributed by atoms with Gasteiger partial charge in [0.05, 0.1) is 19.8 Å². The molecule has 0 aromatic rings. The zero-order chi connectivity index (χ0) is 47.8. The summed E-state index contributed by atoms with van der Waals surface area (Å²) >= 11 is 0. The van der Waals surface area contributed by atoms with Crippen LogP contribution in [0.15, 0.2) is 109 Å². The fourth-order valence-corrected chi connectivity index (χ4v) is 7.21. The molecule has 0 aliphatic carbocycles. The van der Waals surface area contributed by atoms with E-state index in [1.165, 1.54) is 44.9 Å². The number of rotatable bonds is 43. The molecule has 1 saturated heterocycles. The molecule has 1 rings (SSSR count). The molecule has 9 heteroatoms. The number of aliphatic hydroxyl groups excluding tert-OH is 4. The van der Waals surface area contributed by atoms with Crippen molar-refractivity contribution in [2.24, 2.45) is 0 Å². The van der Waals surface area contributed by atoms with Crippen LogP contribution in [0.2, 0.25) is 0 Å². The van der Waals surface area contributed by atoms with E-state index in [1.807, 2.05) is 0 Å². The van der Waals surface area contributed by atoms with Crippen LogP contribution >= 0.6 is 0 Å². The maximum atomic E-state index is 12.9. The Morgan fingerprint density at radius 2 is 0.879 bits per heavy atom. The molecule has 1 fully saturated rings. The minimum Gasteiger partial charge on any atom is -0.457 e. The summed E-state index contributed by atoms with van der Waals surface area (Å²) in [6, 6.07) is 0. The van der Waals surface area contributed by atoms with Gasteiger partial charge in [-0.05, 0) is 96.3 Å². The first-order valence-corrected chi connectivity index (χ1v) is 26.0. The summed E-state index contributed by atoms with van der Waals surface area (Å²) in [5.74, 6) is -0.332. The van der Waals surface area contributed by atoms with Gasteiger partial charge in [-0.1, -0.05) is 187 Å². The van der Waals surface area contributed by atoms with E-state index in [-0.39, 0.29) is 19.2 Å². The van der Waals surface area contributed by atoms with Crippen molar-refractivity contribution >= 4 is 5.97 Å². The molecule has 66 heavy (non-hydrogen) atoms. The highest BCUT2D eigenvalue weighted by Crippen LogP contribution is 2.22. The van der Waals surface area contributed by atoms with Gasteiger partial charge in [0.15, 0.2) is 6.29 Å². The molecule has 6 atom stereocenters. The lowest BCUT2D eigenvalue weighted by molar-refractivity contribution is -0.305. The number of unbranched alkanes of at least 4 members (excludes halogenated alkanes) is 14. The summed E-state index contributed by atoms with van der Waals surface area (Å²) in [7, 11) is 0. The Labute approximate surface area is 402 Å². The van der Waals surface area contributed by atoms with E-state index in [2.05, 4.69) is 123 Å². The lowest BCUT2D eigenvalue weighted by Gasteiger charge is -2.39. The van der Waals surface area contributed by atoms with E-state index in [4.69, 9.17) is 18.9 Å². The van der Waals surface area contributed by atoms with E-state index in [0.717, 1.165) is 116 Å². The molecule has 1 aliphatic heterocycles. The number of hydrogen-bond acceptors (Lipinski definition) is 9. The SMILES string of the molecule is CC/C=C\C/C=C\C/C=C\C/C=C\C/C=C\CCCCCCOCC(COC1OC(CO)C(O)C(O)C1O)OC(=O)CCCCCCCCCCCC/C=C\C/C=C\C/C=C\C/C=C\CC. The van der Waals surface area contributed by atoms with Crippen molar-refractivity contribution in [1.82, 2.24) is 0 Å². The van der Waals surface area contributed by atoms with Gasteiger partial charge in [0.25, 0.3) is 0 Å². The van der Waals surface area contributed by atoms with E-state index in [0.29, 0.717) is 13.0 Å². The molecular formula is C57H94O9. The van der Waals surface area contributed by atoms with Gasteiger partial charge in [-0.15, -0.1) is 0 Å². The van der Waals surface area contributed by atoms with Gasteiger partial charge in [0, 0.05) is 13.0 Å². The Balaban J connectivity index is 2.24. The highest BCUT2D eigenvalue weighted by atomic mass is 16.7. The molecule has 0 saturated carbocycles. The summed E-state index contributed by atoms with van der Waals surface area (Å²) in [6.45, 7) is 4.26. The third-order valence-corrected chi connectivity index (χ3v) is 11.2. The zero-order valence-electron chi connectivity index (χ0n) is 41.4. The van der Waals surface area contributed by atoms with Crippen molar-refractivity contribution in [3.05, 3.63) is 109 Å². The Morgan fingerprint density at radius 3 is 1.32 bits per heavy atom. The van der Waals surface area contributed by atoms with Crippen molar-refractivity contribution in [1.29, 1.82) is 0 Å². The van der Waals surface area contributed by atoms with Gasteiger partial charge in [0.2, 0.25) is 0 Å². The Kier molecular flexibility index (Phi) is 43.3. The fourth-order valence-electron chi connectivity index (χ4n) is 7.21. The highest BCUT2D eigenvalue weighted by Gasteiger charge is 2.44. The molecule has 0 aromatic heterocycles. The van der Waals surface area contributed by atoms with Crippen LogP contribution in [0, 0.1) is 0 Å². The molecular weight excluding hydrogens is 829 g/mol. The van der Waals surface area contributed by atoms with Gasteiger partial charge < -0.3 is 39.4 Å². The molecule has 0 aromatic carbocycles. The largest absolute Gasteiger partial charge is 0.457 e. The third-order valence-electron chi connectivity index (χ3n) is 11.2. The number of carbonyl (C=O) groups is 1. The van der Waals surface area contributed by atoms with Crippen LogP contribution in [0.5, 0.6) is 0 Å². The summed E-state index contributed by atoms with van der Waals surface area (Å²) in [5.41, 5.74) is 0. The van der Waals surface area contributed by atoms with Crippen LogP contribution in [0.1, 0.15) is 181 Å². The van der Waals surface area contributed by atoms with Crippen molar-refractivity contribution in [3.63, 3.8) is 0 Å². The maximum Gasteiger partial charge on any atom is 0.306 e. The predicted octanol–water partition coefficient (Wildman–Crippen LogP) is 12.9. The average Bonchev–Trinajstić information content (AvgIpc) is 3.32. The summed E-state index contributed by atoms with van der Waals surface area (Å²) in [4.78, 5) is 12.9. The zero-order valence-corrected chi connectivity index (χ0v) is 41.4. The number of ether oxygens (including phenoxy) is 4. The van der Waals surface area contributed by atoms with Crippen molar-refractivity contribution in [2.75, 3.05) is 26.4 Å². The average molecular weight is 923 g/mol. The van der Waals surface area contributed by atoms with Crippen LogP contribution < -0.4 is 0 Å². The molecule has 6 unspecified atom stereocenters. The van der Waals surface area contributed by atoms with Gasteiger partial charge in [-0.3, -0.25) is 4.79 Å². The second-order valence-electron chi connectivity index (χ2n) is 17.2. The molecule has 1 aliphatic rings. The van der Waals surface area contributed by atoms with Crippen molar-refractivity contribution < 1.29 is 44.2 Å². The summed E-state index contributed by atoms with van der Waals surface area (Å²) in [5, 5.41) is 40.3.